The van der Waals surface area contributed by atoms with Crippen LogP contribution in [0, 0.1) is 13.8 Å². The molecule has 0 bridgehead atoms. The molecule has 0 radical (unpaired) electrons. The molecule has 0 saturated heterocycles. The van der Waals surface area contributed by atoms with Gasteiger partial charge in [-0.25, -0.2) is 0 Å². The van der Waals surface area contributed by atoms with Crippen LogP contribution in [-0.4, -0.2) is 25.3 Å². The lowest BCUT2D eigenvalue weighted by Gasteiger charge is -2.09. The Balaban J connectivity index is 1.87. The number of carbonyl (C=O) groups excluding carboxylic acids is 1. The van der Waals surface area contributed by atoms with Crippen molar-refractivity contribution in [2.45, 2.75) is 33.2 Å². The maximum atomic E-state index is 12.0. The predicted molar refractivity (Wildman–Crippen MR) is 85.7 cm³/mol. The smallest absolute Gasteiger partial charge is 0.220 e. The lowest BCUT2D eigenvalue weighted by atomic mass is 10.1. The second-order valence-electron chi connectivity index (χ2n) is 5.27. The predicted octanol–water partition coefficient (Wildman–Crippen LogP) is 2.56. The molecule has 0 aliphatic carbocycles. The summed E-state index contributed by atoms with van der Waals surface area (Å²) in [5, 5.41) is 6.76. The van der Waals surface area contributed by atoms with E-state index in [4.69, 9.17) is 14.0 Å². The van der Waals surface area contributed by atoms with Crippen molar-refractivity contribution < 1.29 is 18.8 Å². The van der Waals surface area contributed by atoms with Crippen molar-refractivity contribution >= 4 is 5.91 Å². The third-order valence-corrected chi connectivity index (χ3v) is 3.73. The van der Waals surface area contributed by atoms with Crippen molar-refractivity contribution in [1.29, 1.82) is 0 Å². The van der Waals surface area contributed by atoms with Crippen LogP contribution in [-0.2, 0) is 17.8 Å². The topological polar surface area (TPSA) is 73.6 Å². The summed E-state index contributed by atoms with van der Waals surface area (Å²) < 4.78 is 15.5. The number of aryl methyl sites for hydroxylation is 3. The summed E-state index contributed by atoms with van der Waals surface area (Å²) in [5.74, 6) is 2.07. The summed E-state index contributed by atoms with van der Waals surface area (Å²) in [6.07, 6.45) is 1.03. The number of rotatable bonds is 7. The molecular formula is C17H22N2O4. The largest absolute Gasteiger partial charge is 0.493 e. The third-order valence-electron chi connectivity index (χ3n) is 3.73. The van der Waals surface area contributed by atoms with Gasteiger partial charge in [0.05, 0.1) is 19.9 Å². The number of amides is 1. The summed E-state index contributed by atoms with van der Waals surface area (Å²) in [7, 11) is 3.19. The zero-order valence-corrected chi connectivity index (χ0v) is 13.9. The zero-order chi connectivity index (χ0) is 16.8. The number of methoxy groups -OCH3 is 2. The Morgan fingerprint density at radius 2 is 1.96 bits per heavy atom. The van der Waals surface area contributed by atoms with Gasteiger partial charge in [-0.3, -0.25) is 4.79 Å². The minimum absolute atomic E-state index is 0.0141. The number of nitrogens with one attached hydrogen (secondary N) is 1. The Hall–Kier alpha value is -2.50. The van der Waals surface area contributed by atoms with E-state index in [2.05, 4.69) is 10.5 Å². The van der Waals surface area contributed by atoms with Crippen LogP contribution in [0.15, 0.2) is 22.7 Å². The lowest BCUT2D eigenvalue weighted by molar-refractivity contribution is -0.121. The zero-order valence-electron chi connectivity index (χ0n) is 13.9. The third kappa shape index (κ3) is 4.25. The molecule has 0 unspecified atom stereocenters. The second kappa shape index (κ2) is 7.67. The molecule has 0 spiro atoms. The highest BCUT2D eigenvalue weighted by molar-refractivity contribution is 5.76. The Labute approximate surface area is 135 Å². The standard InChI is InChI=1S/C17H22N2O4/c1-11-14(12(2)23-19-11)10-18-17(20)8-6-13-5-7-15(21-3)16(9-13)22-4/h5,7,9H,6,8,10H2,1-4H3,(H,18,20). The van der Waals surface area contributed by atoms with Crippen molar-refractivity contribution in [2.75, 3.05) is 14.2 Å². The Kier molecular flexibility index (Phi) is 5.62. The quantitative estimate of drug-likeness (QED) is 0.849. The average Bonchev–Trinajstić information content (AvgIpc) is 2.89. The summed E-state index contributed by atoms with van der Waals surface area (Å²) in [6.45, 7) is 4.14. The summed E-state index contributed by atoms with van der Waals surface area (Å²) in [5.41, 5.74) is 2.77. The van der Waals surface area contributed by atoms with Crippen LogP contribution < -0.4 is 14.8 Å². The van der Waals surface area contributed by atoms with Crippen molar-refractivity contribution in [3.8, 4) is 11.5 Å². The van der Waals surface area contributed by atoms with Gasteiger partial charge < -0.3 is 19.3 Å². The molecule has 0 aliphatic heterocycles. The molecule has 1 amide bonds. The minimum Gasteiger partial charge on any atom is -0.493 e. The molecule has 124 valence electrons. The molecule has 0 saturated carbocycles. The molecule has 0 atom stereocenters. The fourth-order valence-electron chi connectivity index (χ4n) is 2.32. The number of aromatic nitrogens is 1. The average molecular weight is 318 g/mol. The minimum atomic E-state index is -0.0141. The summed E-state index contributed by atoms with van der Waals surface area (Å²) in [4.78, 5) is 12.0. The van der Waals surface area contributed by atoms with E-state index >= 15 is 0 Å². The normalized spacial score (nSPS) is 10.4. The van der Waals surface area contributed by atoms with Crippen LogP contribution in [0.25, 0.3) is 0 Å². The second-order valence-corrected chi connectivity index (χ2v) is 5.27. The van der Waals surface area contributed by atoms with Crippen LogP contribution >= 0.6 is 0 Å². The number of ether oxygens (including phenoxy) is 2. The SMILES string of the molecule is COc1ccc(CCC(=O)NCc2c(C)noc2C)cc1OC. The van der Waals surface area contributed by atoms with Gasteiger partial charge in [0.25, 0.3) is 0 Å². The Morgan fingerprint density at radius 1 is 1.22 bits per heavy atom. The van der Waals surface area contributed by atoms with E-state index in [1.54, 1.807) is 14.2 Å². The number of carbonyl (C=O) groups is 1. The van der Waals surface area contributed by atoms with Gasteiger partial charge in [0.1, 0.15) is 5.76 Å². The maximum absolute atomic E-state index is 12.0. The highest BCUT2D eigenvalue weighted by Crippen LogP contribution is 2.27. The fraction of sp³-hybridized carbons (Fsp3) is 0.412. The first-order valence-corrected chi connectivity index (χ1v) is 7.44. The van der Waals surface area contributed by atoms with Gasteiger partial charge >= 0.3 is 0 Å². The first-order chi connectivity index (χ1) is 11.0. The maximum Gasteiger partial charge on any atom is 0.220 e. The molecule has 1 aromatic heterocycles. The van der Waals surface area contributed by atoms with Gasteiger partial charge in [0.15, 0.2) is 11.5 Å². The monoisotopic (exact) mass is 318 g/mol. The van der Waals surface area contributed by atoms with Gasteiger partial charge in [-0.15, -0.1) is 0 Å². The highest BCUT2D eigenvalue weighted by Gasteiger charge is 2.11. The van der Waals surface area contributed by atoms with Crippen LogP contribution in [0.2, 0.25) is 0 Å². The van der Waals surface area contributed by atoms with E-state index in [1.165, 1.54) is 0 Å². The number of hydrogen-bond donors (Lipinski definition) is 1. The van der Waals surface area contributed by atoms with Crippen molar-refractivity contribution in [2.24, 2.45) is 0 Å². The molecular weight excluding hydrogens is 296 g/mol. The molecule has 1 heterocycles. The van der Waals surface area contributed by atoms with E-state index in [0.717, 1.165) is 22.6 Å². The van der Waals surface area contributed by atoms with Gasteiger partial charge in [-0.2, -0.15) is 0 Å². The van der Waals surface area contributed by atoms with Crippen LogP contribution in [0.5, 0.6) is 11.5 Å². The molecule has 0 fully saturated rings. The summed E-state index contributed by atoms with van der Waals surface area (Å²) >= 11 is 0. The van der Waals surface area contributed by atoms with E-state index in [1.807, 2.05) is 32.0 Å². The van der Waals surface area contributed by atoms with Gasteiger partial charge in [-0.1, -0.05) is 11.2 Å². The number of benzene rings is 1. The molecule has 1 N–H and O–H groups in total. The Bertz CT molecular complexity index is 660. The molecule has 6 nitrogen and oxygen atoms in total. The molecule has 23 heavy (non-hydrogen) atoms. The van der Waals surface area contributed by atoms with Gasteiger partial charge in [-0.05, 0) is 38.0 Å². The molecule has 0 aliphatic rings. The van der Waals surface area contributed by atoms with E-state index in [9.17, 15) is 4.79 Å². The van der Waals surface area contributed by atoms with Gasteiger partial charge in [0, 0.05) is 18.5 Å². The molecule has 6 heteroatoms. The Morgan fingerprint density at radius 3 is 2.57 bits per heavy atom. The first kappa shape index (κ1) is 16.9. The van der Waals surface area contributed by atoms with Crippen LogP contribution in [0.3, 0.4) is 0 Å². The lowest BCUT2D eigenvalue weighted by Crippen LogP contribution is -2.23. The van der Waals surface area contributed by atoms with Crippen LogP contribution in [0.4, 0.5) is 0 Å². The molecule has 1 aromatic carbocycles. The van der Waals surface area contributed by atoms with Crippen molar-refractivity contribution in [1.82, 2.24) is 10.5 Å². The van der Waals surface area contributed by atoms with E-state index in [-0.39, 0.29) is 5.91 Å². The van der Waals surface area contributed by atoms with E-state index < -0.39 is 0 Å². The number of hydrogen-bond acceptors (Lipinski definition) is 5. The first-order valence-electron chi connectivity index (χ1n) is 7.44. The van der Waals surface area contributed by atoms with Crippen LogP contribution in [0.1, 0.15) is 29.0 Å². The molecule has 2 aromatic rings. The number of nitrogens with zero attached hydrogens (tertiary/aromatic N) is 1. The van der Waals surface area contributed by atoms with Crippen molar-refractivity contribution in [3.63, 3.8) is 0 Å². The highest BCUT2D eigenvalue weighted by atomic mass is 16.5. The van der Waals surface area contributed by atoms with Gasteiger partial charge in [0.2, 0.25) is 5.91 Å². The van der Waals surface area contributed by atoms with Crippen molar-refractivity contribution in [3.05, 3.63) is 40.8 Å². The van der Waals surface area contributed by atoms with E-state index in [0.29, 0.717) is 30.9 Å². The fourth-order valence-corrected chi connectivity index (χ4v) is 2.32. The summed E-state index contributed by atoms with van der Waals surface area (Å²) in [6, 6.07) is 5.67. The molecule has 2 rings (SSSR count).